The number of benzene rings is 1. The maximum Gasteiger partial charge on any atom is 0.117 e. The largest absolute Gasteiger partial charge is 0.379 e. The SMILES string of the molecule is CCCCOC[C@H]1OC(c2cccc(Cc3ccccn3)c2)[C@H](OCCCC)[C@@H](OCCCC)[C@@H]1OCCCC. The minimum absolute atomic E-state index is 0.238. The Hall–Kier alpha value is -1.83. The molecular weight excluding hydrogens is 502 g/mol. The van der Waals surface area contributed by atoms with Crippen LogP contribution in [-0.4, -0.2) is 62.4 Å². The second-order valence-corrected chi connectivity index (χ2v) is 10.8. The van der Waals surface area contributed by atoms with Crippen molar-refractivity contribution in [2.75, 3.05) is 33.0 Å². The van der Waals surface area contributed by atoms with Gasteiger partial charge in [-0.15, -0.1) is 0 Å². The molecule has 0 spiro atoms. The zero-order chi connectivity index (χ0) is 28.4. The third-order valence-corrected chi connectivity index (χ3v) is 7.37. The van der Waals surface area contributed by atoms with Gasteiger partial charge in [0, 0.05) is 44.7 Å². The van der Waals surface area contributed by atoms with Gasteiger partial charge in [-0.05, 0) is 48.9 Å². The summed E-state index contributed by atoms with van der Waals surface area (Å²) in [6.07, 6.45) is 9.71. The Bertz CT molecular complexity index is 910. The highest BCUT2D eigenvalue weighted by molar-refractivity contribution is 5.30. The summed E-state index contributed by atoms with van der Waals surface area (Å²) in [6, 6.07) is 14.7. The van der Waals surface area contributed by atoms with Gasteiger partial charge in [0.1, 0.15) is 30.5 Å². The standard InChI is InChI=1S/C34H53NO5/c1-5-9-20-36-26-30-32(37-21-10-6-2)34(39-23-12-8-4)33(38-22-11-7-3)31(40-30)28-17-15-16-27(24-28)25-29-18-13-14-19-35-29/h13-19,24,30-34H,5-12,20-23,25-26H2,1-4H3/t30-,31?,32-,33+,34+/m1/s1. The first-order valence-electron chi connectivity index (χ1n) is 15.8. The fourth-order valence-electron chi connectivity index (χ4n) is 5.02. The Morgan fingerprint density at radius 3 is 2.00 bits per heavy atom. The topological polar surface area (TPSA) is 59.0 Å². The number of nitrogens with zero attached hydrogens (tertiary/aromatic N) is 1. The van der Waals surface area contributed by atoms with Crippen LogP contribution < -0.4 is 0 Å². The van der Waals surface area contributed by atoms with E-state index in [1.807, 2.05) is 18.3 Å². The second kappa shape index (κ2) is 19.3. The minimum atomic E-state index is -0.280. The predicted molar refractivity (Wildman–Crippen MR) is 161 cm³/mol. The van der Waals surface area contributed by atoms with E-state index in [-0.39, 0.29) is 30.5 Å². The van der Waals surface area contributed by atoms with Gasteiger partial charge in [-0.25, -0.2) is 0 Å². The zero-order valence-corrected chi connectivity index (χ0v) is 25.4. The average Bonchev–Trinajstić information content (AvgIpc) is 2.98. The van der Waals surface area contributed by atoms with E-state index in [0.717, 1.165) is 75.7 Å². The zero-order valence-electron chi connectivity index (χ0n) is 25.4. The number of hydrogen-bond donors (Lipinski definition) is 0. The lowest BCUT2D eigenvalue weighted by molar-refractivity contribution is -0.268. The van der Waals surface area contributed by atoms with Gasteiger partial charge in [-0.1, -0.05) is 83.7 Å². The van der Waals surface area contributed by atoms with Crippen molar-refractivity contribution < 1.29 is 23.7 Å². The van der Waals surface area contributed by atoms with Crippen LogP contribution in [0.25, 0.3) is 0 Å². The lowest BCUT2D eigenvalue weighted by atomic mass is 9.89. The molecule has 0 amide bonds. The van der Waals surface area contributed by atoms with Crippen LogP contribution in [0.1, 0.15) is 102 Å². The van der Waals surface area contributed by atoms with E-state index in [9.17, 15) is 0 Å². The summed E-state index contributed by atoms with van der Waals surface area (Å²) >= 11 is 0. The molecule has 40 heavy (non-hydrogen) atoms. The smallest absolute Gasteiger partial charge is 0.117 e. The van der Waals surface area contributed by atoms with Gasteiger partial charge in [-0.2, -0.15) is 0 Å². The molecule has 2 aromatic rings. The molecule has 2 heterocycles. The van der Waals surface area contributed by atoms with Crippen LogP contribution in [0.3, 0.4) is 0 Å². The predicted octanol–water partition coefficient (Wildman–Crippen LogP) is 7.48. The minimum Gasteiger partial charge on any atom is -0.379 e. The van der Waals surface area contributed by atoms with Crippen LogP contribution in [0.2, 0.25) is 0 Å². The Kier molecular flexibility index (Phi) is 15.8. The molecule has 1 aliphatic rings. The highest BCUT2D eigenvalue weighted by Gasteiger charge is 2.48. The molecular formula is C34H53NO5. The van der Waals surface area contributed by atoms with E-state index < -0.39 is 0 Å². The van der Waals surface area contributed by atoms with Gasteiger partial charge in [0.25, 0.3) is 0 Å². The average molecular weight is 556 g/mol. The number of ether oxygens (including phenoxy) is 5. The summed E-state index contributed by atoms with van der Waals surface area (Å²) in [4.78, 5) is 4.53. The Labute approximate surface area is 243 Å². The highest BCUT2D eigenvalue weighted by atomic mass is 16.6. The molecule has 1 saturated heterocycles. The number of rotatable bonds is 20. The molecule has 0 bridgehead atoms. The van der Waals surface area contributed by atoms with Crippen LogP contribution in [0.15, 0.2) is 48.7 Å². The summed E-state index contributed by atoms with van der Waals surface area (Å²) in [6.45, 7) is 12.0. The summed E-state index contributed by atoms with van der Waals surface area (Å²) in [7, 11) is 0. The normalized spacial score (nSPS) is 22.9. The molecule has 6 nitrogen and oxygen atoms in total. The first kappa shape index (κ1) is 32.7. The third-order valence-electron chi connectivity index (χ3n) is 7.37. The quantitative estimate of drug-likeness (QED) is 0.158. The summed E-state index contributed by atoms with van der Waals surface area (Å²) < 4.78 is 32.9. The number of unbranched alkanes of at least 4 members (excludes halogenated alkanes) is 4. The maximum absolute atomic E-state index is 6.91. The molecule has 5 atom stereocenters. The number of aromatic nitrogens is 1. The van der Waals surface area contributed by atoms with E-state index >= 15 is 0 Å². The summed E-state index contributed by atoms with van der Waals surface area (Å²) in [5.41, 5.74) is 3.35. The van der Waals surface area contributed by atoms with Crippen molar-refractivity contribution in [3.8, 4) is 0 Å². The van der Waals surface area contributed by atoms with E-state index in [2.05, 4.69) is 63.0 Å². The van der Waals surface area contributed by atoms with E-state index in [4.69, 9.17) is 23.7 Å². The Balaban J connectivity index is 1.93. The van der Waals surface area contributed by atoms with Gasteiger partial charge in [0.2, 0.25) is 0 Å². The molecule has 1 aromatic heterocycles. The molecule has 224 valence electrons. The second-order valence-electron chi connectivity index (χ2n) is 10.8. The van der Waals surface area contributed by atoms with Gasteiger partial charge in [0.15, 0.2) is 0 Å². The van der Waals surface area contributed by atoms with Crippen LogP contribution in [0, 0.1) is 0 Å². The molecule has 0 radical (unpaired) electrons. The Morgan fingerprint density at radius 2 is 1.35 bits per heavy atom. The molecule has 1 fully saturated rings. The van der Waals surface area contributed by atoms with E-state index in [1.165, 1.54) is 5.56 Å². The number of hydrogen-bond acceptors (Lipinski definition) is 6. The van der Waals surface area contributed by atoms with Crippen molar-refractivity contribution in [1.29, 1.82) is 0 Å². The molecule has 3 rings (SSSR count). The fourth-order valence-corrected chi connectivity index (χ4v) is 5.02. The molecule has 6 heteroatoms. The third kappa shape index (κ3) is 10.5. The van der Waals surface area contributed by atoms with Gasteiger partial charge < -0.3 is 23.7 Å². The molecule has 0 saturated carbocycles. The first-order valence-corrected chi connectivity index (χ1v) is 15.8. The van der Waals surface area contributed by atoms with Crippen LogP contribution in [0.5, 0.6) is 0 Å². The van der Waals surface area contributed by atoms with Crippen LogP contribution in [0.4, 0.5) is 0 Å². The molecule has 1 aromatic carbocycles. The molecule has 1 unspecified atom stereocenters. The fraction of sp³-hybridized carbons (Fsp3) is 0.676. The molecule has 0 aliphatic carbocycles. The van der Waals surface area contributed by atoms with Gasteiger partial charge in [0.05, 0.1) is 6.61 Å². The monoisotopic (exact) mass is 555 g/mol. The summed E-state index contributed by atoms with van der Waals surface area (Å²) in [5.74, 6) is 0. The van der Waals surface area contributed by atoms with Crippen molar-refractivity contribution in [2.24, 2.45) is 0 Å². The van der Waals surface area contributed by atoms with Crippen molar-refractivity contribution in [1.82, 2.24) is 4.98 Å². The maximum atomic E-state index is 6.91. The van der Waals surface area contributed by atoms with Gasteiger partial charge in [-0.3, -0.25) is 4.98 Å². The van der Waals surface area contributed by atoms with Crippen molar-refractivity contribution in [2.45, 2.75) is 116 Å². The van der Waals surface area contributed by atoms with Crippen molar-refractivity contribution in [3.05, 3.63) is 65.5 Å². The van der Waals surface area contributed by atoms with Crippen LogP contribution in [-0.2, 0) is 30.1 Å². The first-order chi connectivity index (χ1) is 19.7. The Morgan fingerprint density at radius 1 is 0.700 bits per heavy atom. The molecule has 0 N–H and O–H groups in total. The lowest BCUT2D eigenvalue weighted by Gasteiger charge is -2.46. The lowest BCUT2D eigenvalue weighted by Crippen LogP contribution is -2.58. The van der Waals surface area contributed by atoms with Crippen LogP contribution >= 0.6 is 0 Å². The highest BCUT2D eigenvalue weighted by Crippen LogP contribution is 2.38. The number of pyridine rings is 1. The van der Waals surface area contributed by atoms with E-state index in [1.54, 1.807) is 0 Å². The van der Waals surface area contributed by atoms with Crippen molar-refractivity contribution in [3.63, 3.8) is 0 Å². The van der Waals surface area contributed by atoms with Gasteiger partial charge >= 0.3 is 0 Å². The van der Waals surface area contributed by atoms with E-state index in [0.29, 0.717) is 26.4 Å². The molecule has 1 aliphatic heterocycles. The van der Waals surface area contributed by atoms with Crippen molar-refractivity contribution >= 4 is 0 Å². The summed E-state index contributed by atoms with van der Waals surface area (Å²) in [5, 5.41) is 0.